The number of hydrogen-bond acceptors (Lipinski definition) is 3. The van der Waals surface area contributed by atoms with Gasteiger partial charge in [-0.1, -0.05) is 11.6 Å². The van der Waals surface area contributed by atoms with Crippen molar-refractivity contribution < 1.29 is 0 Å². The van der Waals surface area contributed by atoms with Gasteiger partial charge >= 0.3 is 0 Å². The molecule has 2 rings (SSSR count). The first-order chi connectivity index (χ1) is 5.81. The maximum absolute atomic E-state index is 5.76. The second kappa shape index (κ2) is 2.47. The van der Waals surface area contributed by atoms with E-state index in [4.69, 9.17) is 18.0 Å². The standard InChI is InChI=1S/C7H3ClN4/c1-2-4-11-6(8)5-7(12-4)10-3-9-5/h1,3H,(H,9,10,11,12). The van der Waals surface area contributed by atoms with E-state index < -0.39 is 0 Å². The van der Waals surface area contributed by atoms with Crippen molar-refractivity contribution in [3.8, 4) is 12.3 Å². The van der Waals surface area contributed by atoms with E-state index in [2.05, 4.69) is 25.9 Å². The zero-order valence-electron chi connectivity index (χ0n) is 5.87. The molecule has 2 heterocycles. The third kappa shape index (κ3) is 0.917. The average molecular weight is 179 g/mol. The number of hydrogen-bond donors (Lipinski definition) is 1. The van der Waals surface area contributed by atoms with E-state index in [9.17, 15) is 0 Å². The van der Waals surface area contributed by atoms with Crippen molar-refractivity contribution >= 4 is 22.8 Å². The average Bonchev–Trinajstić information content (AvgIpc) is 2.52. The summed E-state index contributed by atoms with van der Waals surface area (Å²) in [5, 5.41) is 0.297. The number of nitrogens with zero attached hydrogens (tertiary/aromatic N) is 3. The highest BCUT2D eigenvalue weighted by Crippen LogP contribution is 2.15. The second-order valence-corrected chi connectivity index (χ2v) is 2.44. The number of imidazole rings is 1. The van der Waals surface area contributed by atoms with Crippen LogP contribution in [0.15, 0.2) is 6.33 Å². The highest BCUT2D eigenvalue weighted by Gasteiger charge is 2.05. The van der Waals surface area contributed by atoms with Gasteiger partial charge in [0.2, 0.25) is 5.82 Å². The number of aromatic amines is 1. The maximum Gasteiger partial charge on any atom is 0.208 e. The molecule has 0 saturated carbocycles. The van der Waals surface area contributed by atoms with Crippen molar-refractivity contribution in [2.45, 2.75) is 0 Å². The molecular formula is C7H3ClN4. The smallest absolute Gasteiger partial charge is 0.208 e. The minimum absolute atomic E-state index is 0.250. The Morgan fingerprint density at radius 1 is 1.50 bits per heavy atom. The predicted octanol–water partition coefficient (Wildman–Crippen LogP) is 0.988. The quantitative estimate of drug-likeness (QED) is 0.484. The van der Waals surface area contributed by atoms with Crippen molar-refractivity contribution in [1.82, 2.24) is 19.9 Å². The van der Waals surface area contributed by atoms with Crippen LogP contribution in [-0.2, 0) is 0 Å². The number of rotatable bonds is 0. The molecule has 58 valence electrons. The topological polar surface area (TPSA) is 54.5 Å². The third-order valence-corrected chi connectivity index (χ3v) is 1.64. The molecule has 0 atom stereocenters. The van der Waals surface area contributed by atoms with Crippen molar-refractivity contribution in [2.24, 2.45) is 0 Å². The summed E-state index contributed by atoms with van der Waals surface area (Å²) >= 11 is 5.76. The number of terminal acetylenes is 1. The maximum atomic E-state index is 5.76. The predicted molar refractivity (Wildman–Crippen MR) is 44.6 cm³/mol. The molecule has 0 aliphatic carbocycles. The summed E-state index contributed by atoms with van der Waals surface area (Å²) in [5.41, 5.74) is 1.10. The van der Waals surface area contributed by atoms with E-state index in [1.54, 1.807) is 0 Å². The van der Waals surface area contributed by atoms with Gasteiger partial charge < -0.3 is 4.98 Å². The number of fused-ring (bicyclic) bond motifs is 1. The van der Waals surface area contributed by atoms with Gasteiger partial charge in [-0.05, 0) is 5.92 Å². The van der Waals surface area contributed by atoms with Crippen LogP contribution in [0.25, 0.3) is 11.2 Å². The van der Waals surface area contributed by atoms with Gasteiger partial charge in [0.1, 0.15) is 5.52 Å². The van der Waals surface area contributed by atoms with E-state index in [0.717, 1.165) is 0 Å². The molecule has 0 saturated heterocycles. The largest absolute Gasteiger partial charge is 0.341 e. The lowest BCUT2D eigenvalue weighted by molar-refractivity contribution is 1.16. The second-order valence-electron chi connectivity index (χ2n) is 2.08. The fraction of sp³-hybridized carbons (Fsp3) is 0. The van der Waals surface area contributed by atoms with E-state index in [1.807, 2.05) is 0 Å². The van der Waals surface area contributed by atoms with Crippen LogP contribution in [0.3, 0.4) is 0 Å². The molecule has 4 nitrogen and oxygen atoms in total. The molecule has 0 bridgehead atoms. The molecular weight excluding hydrogens is 176 g/mol. The lowest BCUT2D eigenvalue weighted by Crippen LogP contribution is -1.90. The van der Waals surface area contributed by atoms with Crippen LogP contribution < -0.4 is 0 Å². The Bertz CT molecular complexity index is 468. The minimum Gasteiger partial charge on any atom is -0.341 e. The molecule has 2 aromatic rings. The first kappa shape index (κ1) is 7.07. The first-order valence-corrected chi connectivity index (χ1v) is 3.52. The Morgan fingerprint density at radius 3 is 3.08 bits per heavy atom. The van der Waals surface area contributed by atoms with Crippen LogP contribution in [0.5, 0.6) is 0 Å². The van der Waals surface area contributed by atoms with Crippen LogP contribution in [0.2, 0.25) is 5.15 Å². The third-order valence-electron chi connectivity index (χ3n) is 1.37. The SMILES string of the molecule is C#Cc1nc(Cl)c2[nH]cnc2n1. The summed E-state index contributed by atoms with van der Waals surface area (Å²) in [6, 6.07) is 0. The van der Waals surface area contributed by atoms with Crippen molar-refractivity contribution in [1.29, 1.82) is 0 Å². The Hall–Kier alpha value is -1.60. The lowest BCUT2D eigenvalue weighted by Gasteiger charge is -1.91. The van der Waals surface area contributed by atoms with Crippen LogP contribution in [0.1, 0.15) is 5.82 Å². The zero-order chi connectivity index (χ0) is 8.55. The van der Waals surface area contributed by atoms with Gasteiger partial charge in [0.05, 0.1) is 6.33 Å². The summed E-state index contributed by atoms with van der Waals surface area (Å²) in [6.45, 7) is 0. The van der Waals surface area contributed by atoms with E-state index in [0.29, 0.717) is 16.3 Å². The molecule has 0 fully saturated rings. The van der Waals surface area contributed by atoms with Crippen molar-refractivity contribution in [2.75, 3.05) is 0 Å². The molecule has 0 unspecified atom stereocenters. The van der Waals surface area contributed by atoms with E-state index >= 15 is 0 Å². The number of aromatic nitrogens is 4. The number of H-pyrrole nitrogens is 1. The minimum atomic E-state index is 0.250. The molecule has 2 aromatic heterocycles. The molecule has 0 aliphatic heterocycles. The summed E-state index contributed by atoms with van der Waals surface area (Å²) < 4.78 is 0. The Morgan fingerprint density at radius 2 is 2.33 bits per heavy atom. The fourth-order valence-corrected chi connectivity index (χ4v) is 1.08. The first-order valence-electron chi connectivity index (χ1n) is 3.14. The van der Waals surface area contributed by atoms with Crippen LogP contribution in [0.4, 0.5) is 0 Å². The molecule has 12 heavy (non-hydrogen) atoms. The molecule has 1 N–H and O–H groups in total. The molecule has 0 aromatic carbocycles. The molecule has 0 amide bonds. The van der Waals surface area contributed by atoms with Crippen LogP contribution in [0, 0.1) is 12.3 Å². The highest BCUT2D eigenvalue weighted by molar-refractivity contribution is 6.33. The summed E-state index contributed by atoms with van der Waals surface area (Å²) in [5.74, 6) is 2.54. The number of halogens is 1. The van der Waals surface area contributed by atoms with Gasteiger partial charge in [-0.3, -0.25) is 0 Å². The zero-order valence-corrected chi connectivity index (χ0v) is 6.63. The summed E-state index contributed by atoms with van der Waals surface area (Å²) in [7, 11) is 0. The summed E-state index contributed by atoms with van der Waals surface area (Å²) in [6.07, 6.45) is 6.60. The Balaban J connectivity index is 2.86. The van der Waals surface area contributed by atoms with Crippen LogP contribution >= 0.6 is 11.6 Å². The lowest BCUT2D eigenvalue weighted by atomic mass is 10.5. The van der Waals surface area contributed by atoms with E-state index in [-0.39, 0.29) is 5.82 Å². The van der Waals surface area contributed by atoms with Gasteiger partial charge in [0.25, 0.3) is 0 Å². The Labute approximate surface area is 73.0 Å². The molecule has 0 aliphatic rings. The normalized spacial score (nSPS) is 10.0. The van der Waals surface area contributed by atoms with E-state index in [1.165, 1.54) is 6.33 Å². The van der Waals surface area contributed by atoms with Gasteiger partial charge in [-0.15, -0.1) is 6.42 Å². The van der Waals surface area contributed by atoms with Crippen molar-refractivity contribution in [3.05, 3.63) is 17.3 Å². The highest BCUT2D eigenvalue weighted by atomic mass is 35.5. The fourth-order valence-electron chi connectivity index (χ4n) is 0.862. The van der Waals surface area contributed by atoms with Crippen LogP contribution in [-0.4, -0.2) is 19.9 Å². The number of nitrogens with one attached hydrogen (secondary N) is 1. The van der Waals surface area contributed by atoms with Gasteiger partial charge in [0.15, 0.2) is 10.8 Å². The molecule has 0 spiro atoms. The molecule has 0 radical (unpaired) electrons. The summed E-state index contributed by atoms with van der Waals surface area (Å²) in [4.78, 5) is 14.5. The van der Waals surface area contributed by atoms with Crippen molar-refractivity contribution in [3.63, 3.8) is 0 Å². The monoisotopic (exact) mass is 178 g/mol. The molecule has 5 heteroatoms. The van der Waals surface area contributed by atoms with Gasteiger partial charge in [0, 0.05) is 0 Å². The van der Waals surface area contributed by atoms with Gasteiger partial charge in [-0.2, -0.15) is 4.98 Å². The van der Waals surface area contributed by atoms with Gasteiger partial charge in [-0.25, -0.2) is 9.97 Å². The Kier molecular flexibility index (Phi) is 1.45.